The van der Waals surface area contributed by atoms with Crippen molar-refractivity contribution in [3.05, 3.63) is 52.3 Å². The number of phenols is 1. The molecular formula is C15H15BrFNO2. The average molecular weight is 340 g/mol. The molecule has 2 rings (SSSR count). The number of hydrogen-bond acceptors (Lipinski definition) is 3. The largest absolute Gasteiger partial charge is 0.503 e. The topological polar surface area (TPSA) is 32.7 Å². The number of methoxy groups -OCH3 is 1. The second-order valence-electron chi connectivity index (χ2n) is 4.44. The summed E-state index contributed by atoms with van der Waals surface area (Å²) in [5.74, 6) is 0.181. The number of rotatable bonds is 4. The van der Waals surface area contributed by atoms with E-state index in [1.807, 2.05) is 7.05 Å². The molecule has 3 nitrogen and oxygen atoms in total. The van der Waals surface area contributed by atoms with Gasteiger partial charge in [-0.1, -0.05) is 12.1 Å². The Morgan fingerprint density at radius 1 is 1.30 bits per heavy atom. The van der Waals surface area contributed by atoms with E-state index in [1.165, 1.54) is 13.2 Å². The van der Waals surface area contributed by atoms with Crippen molar-refractivity contribution in [3.63, 3.8) is 0 Å². The van der Waals surface area contributed by atoms with Crippen molar-refractivity contribution in [1.29, 1.82) is 0 Å². The van der Waals surface area contributed by atoms with Crippen molar-refractivity contribution >= 4 is 21.6 Å². The van der Waals surface area contributed by atoms with E-state index < -0.39 is 0 Å². The van der Waals surface area contributed by atoms with Gasteiger partial charge in [0.2, 0.25) is 0 Å². The van der Waals surface area contributed by atoms with Crippen molar-refractivity contribution in [2.45, 2.75) is 6.54 Å². The second-order valence-corrected chi connectivity index (χ2v) is 5.29. The van der Waals surface area contributed by atoms with Crippen LogP contribution >= 0.6 is 15.9 Å². The monoisotopic (exact) mass is 339 g/mol. The highest BCUT2D eigenvalue weighted by molar-refractivity contribution is 9.10. The summed E-state index contributed by atoms with van der Waals surface area (Å²) in [6, 6.07) is 10.1. The number of phenolic OH excluding ortho intramolecular Hbond substituents is 1. The third kappa shape index (κ3) is 3.04. The van der Waals surface area contributed by atoms with Crippen molar-refractivity contribution in [3.8, 4) is 11.5 Å². The number of ether oxygens (including phenoxy) is 1. The molecule has 0 aromatic heterocycles. The molecule has 0 spiro atoms. The van der Waals surface area contributed by atoms with E-state index in [0.717, 1.165) is 5.56 Å². The summed E-state index contributed by atoms with van der Waals surface area (Å²) in [6.45, 7) is 0.496. The van der Waals surface area contributed by atoms with Gasteiger partial charge in [-0.15, -0.1) is 0 Å². The Labute approximate surface area is 125 Å². The molecule has 2 aromatic rings. The molecule has 0 atom stereocenters. The maximum absolute atomic E-state index is 13.7. The summed E-state index contributed by atoms with van der Waals surface area (Å²) >= 11 is 3.28. The second kappa shape index (κ2) is 6.13. The van der Waals surface area contributed by atoms with Gasteiger partial charge in [0.15, 0.2) is 11.5 Å². The third-order valence-electron chi connectivity index (χ3n) is 2.99. The molecule has 1 N–H and O–H groups in total. The molecule has 0 radical (unpaired) electrons. The molecule has 0 saturated carbocycles. The van der Waals surface area contributed by atoms with Crippen LogP contribution in [0.4, 0.5) is 10.1 Å². The van der Waals surface area contributed by atoms with Crippen LogP contribution in [0.3, 0.4) is 0 Å². The Bertz CT molecular complexity index is 619. The first-order valence-corrected chi connectivity index (χ1v) is 6.83. The van der Waals surface area contributed by atoms with Gasteiger partial charge in [0.05, 0.1) is 17.3 Å². The smallest absolute Gasteiger partial charge is 0.172 e. The molecule has 0 saturated heterocycles. The normalized spacial score (nSPS) is 10.4. The molecule has 0 fully saturated rings. The molecule has 0 aliphatic rings. The van der Waals surface area contributed by atoms with E-state index in [0.29, 0.717) is 22.5 Å². The standard InChI is InChI=1S/C15H15BrFNO2/c1-18(13-6-4-3-5-12(13)17)9-10-7-11(16)15(19)14(8-10)20-2/h3-8,19H,9H2,1-2H3. The highest BCUT2D eigenvalue weighted by Crippen LogP contribution is 2.35. The summed E-state index contributed by atoms with van der Waals surface area (Å²) in [6.07, 6.45) is 0. The van der Waals surface area contributed by atoms with Crippen LogP contribution in [0.5, 0.6) is 11.5 Å². The summed E-state index contributed by atoms with van der Waals surface area (Å²) in [4.78, 5) is 1.80. The number of aromatic hydroxyl groups is 1. The lowest BCUT2D eigenvalue weighted by atomic mass is 10.1. The van der Waals surface area contributed by atoms with E-state index in [4.69, 9.17) is 4.74 Å². The molecule has 0 aliphatic heterocycles. The van der Waals surface area contributed by atoms with Crippen LogP contribution in [0.15, 0.2) is 40.9 Å². The zero-order valence-electron chi connectivity index (χ0n) is 11.2. The highest BCUT2D eigenvalue weighted by Gasteiger charge is 2.12. The van der Waals surface area contributed by atoms with E-state index in [2.05, 4.69) is 15.9 Å². The van der Waals surface area contributed by atoms with Crippen LogP contribution in [-0.4, -0.2) is 19.3 Å². The SMILES string of the molecule is COc1cc(CN(C)c2ccccc2F)cc(Br)c1O. The van der Waals surface area contributed by atoms with Crippen LogP contribution in [0.25, 0.3) is 0 Å². The van der Waals surface area contributed by atoms with Crippen molar-refractivity contribution < 1.29 is 14.2 Å². The Balaban J connectivity index is 2.26. The molecule has 106 valence electrons. The molecule has 20 heavy (non-hydrogen) atoms. The predicted molar refractivity (Wildman–Crippen MR) is 80.9 cm³/mol. The van der Waals surface area contributed by atoms with Crippen LogP contribution in [0.2, 0.25) is 0 Å². The predicted octanol–water partition coefficient (Wildman–Crippen LogP) is 3.94. The number of para-hydroxylation sites is 1. The zero-order chi connectivity index (χ0) is 14.7. The molecule has 0 unspecified atom stereocenters. The molecule has 2 aromatic carbocycles. The fourth-order valence-corrected chi connectivity index (χ4v) is 2.48. The first kappa shape index (κ1) is 14.7. The number of nitrogens with zero attached hydrogens (tertiary/aromatic N) is 1. The average Bonchev–Trinajstić information content (AvgIpc) is 2.43. The molecular weight excluding hydrogens is 325 g/mol. The summed E-state index contributed by atoms with van der Waals surface area (Å²) in [7, 11) is 3.30. The first-order chi connectivity index (χ1) is 9.52. The van der Waals surface area contributed by atoms with Gasteiger partial charge >= 0.3 is 0 Å². The summed E-state index contributed by atoms with van der Waals surface area (Å²) in [5.41, 5.74) is 1.42. The van der Waals surface area contributed by atoms with Gasteiger partial charge in [0, 0.05) is 13.6 Å². The quantitative estimate of drug-likeness (QED) is 0.915. The van der Waals surface area contributed by atoms with E-state index in [-0.39, 0.29) is 11.6 Å². The van der Waals surface area contributed by atoms with Gasteiger partial charge < -0.3 is 14.7 Å². The molecule has 0 bridgehead atoms. The Hall–Kier alpha value is -1.75. The van der Waals surface area contributed by atoms with Gasteiger partial charge in [-0.3, -0.25) is 0 Å². The summed E-state index contributed by atoms with van der Waals surface area (Å²) < 4.78 is 19.4. The Morgan fingerprint density at radius 3 is 2.65 bits per heavy atom. The highest BCUT2D eigenvalue weighted by atomic mass is 79.9. The van der Waals surface area contributed by atoms with Crippen molar-refractivity contribution in [1.82, 2.24) is 0 Å². The van der Waals surface area contributed by atoms with E-state index >= 15 is 0 Å². The minimum absolute atomic E-state index is 0.0600. The van der Waals surface area contributed by atoms with Gasteiger partial charge in [-0.2, -0.15) is 0 Å². The van der Waals surface area contributed by atoms with Crippen LogP contribution < -0.4 is 9.64 Å². The minimum atomic E-state index is -0.264. The van der Waals surface area contributed by atoms with Crippen LogP contribution in [0, 0.1) is 5.82 Å². The maximum atomic E-state index is 13.7. The Kier molecular flexibility index (Phi) is 4.49. The number of halogens is 2. The van der Waals surface area contributed by atoms with Gasteiger partial charge in [0.1, 0.15) is 5.82 Å². The van der Waals surface area contributed by atoms with Crippen LogP contribution in [-0.2, 0) is 6.54 Å². The molecule has 5 heteroatoms. The fourth-order valence-electron chi connectivity index (χ4n) is 1.99. The molecule has 0 aliphatic carbocycles. The van der Waals surface area contributed by atoms with Gasteiger partial charge in [-0.25, -0.2) is 4.39 Å². The summed E-state index contributed by atoms with van der Waals surface area (Å²) in [5, 5.41) is 9.77. The minimum Gasteiger partial charge on any atom is -0.503 e. The van der Waals surface area contributed by atoms with Gasteiger partial charge in [-0.05, 0) is 45.8 Å². The fraction of sp³-hybridized carbons (Fsp3) is 0.200. The van der Waals surface area contributed by atoms with Crippen molar-refractivity contribution in [2.75, 3.05) is 19.1 Å². The van der Waals surface area contributed by atoms with Crippen molar-refractivity contribution in [2.24, 2.45) is 0 Å². The number of anilines is 1. The molecule has 0 amide bonds. The lowest BCUT2D eigenvalue weighted by Crippen LogP contribution is -2.17. The zero-order valence-corrected chi connectivity index (χ0v) is 12.8. The lowest BCUT2D eigenvalue weighted by molar-refractivity contribution is 0.371. The molecule has 0 heterocycles. The van der Waals surface area contributed by atoms with E-state index in [9.17, 15) is 9.50 Å². The van der Waals surface area contributed by atoms with Crippen LogP contribution in [0.1, 0.15) is 5.56 Å². The van der Waals surface area contributed by atoms with E-state index in [1.54, 1.807) is 35.2 Å². The van der Waals surface area contributed by atoms with Gasteiger partial charge in [0.25, 0.3) is 0 Å². The first-order valence-electron chi connectivity index (χ1n) is 6.04. The Morgan fingerprint density at radius 2 is 2.00 bits per heavy atom. The maximum Gasteiger partial charge on any atom is 0.172 e. The number of benzene rings is 2. The lowest BCUT2D eigenvalue weighted by Gasteiger charge is -2.20. The third-order valence-corrected chi connectivity index (χ3v) is 3.60. The number of hydrogen-bond donors (Lipinski definition) is 1.